The third kappa shape index (κ3) is 2.57. The van der Waals surface area contributed by atoms with Gasteiger partial charge in [0.2, 0.25) is 5.82 Å². The van der Waals surface area contributed by atoms with E-state index >= 15 is 0 Å². The van der Waals surface area contributed by atoms with E-state index in [1.165, 1.54) is 15.7 Å². The van der Waals surface area contributed by atoms with Crippen molar-refractivity contribution in [1.82, 2.24) is 9.38 Å². The molecule has 8 nitrogen and oxygen atoms in total. The molecular weight excluding hydrogens is 284 g/mol. The van der Waals surface area contributed by atoms with E-state index in [-0.39, 0.29) is 24.1 Å². The smallest absolute Gasteiger partial charge is 0.372 e. The number of carboxylic acids is 1. The molecule has 0 bridgehead atoms. The summed E-state index contributed by atoms with van der Waals surface area (Å²) in [6, 6.07) is 0. The molecule has 0 aliphatic rings. The number of carbonyl (C=O) groups is 1. The van der Waals surface area contributed by atoms with E-state index in [4.69, 9.17) is 5.11 Å². The number of rotatable bonds is 6. The molecule has 20 heavy (non-hydrogen) atoms. The van der Waals surface area contributed by atoms with E-state index < -0.39 is 16.8 Å². The van der Waals surface area contributed by atoms with Crippen LogP contribution in [0.1, 0.15) is 13.8 Å². The Balaban J connectivity index is 2.25. The van der Waals surface area contributed by atoms with Crippen LogP contribution in [-0.4, -0.2) is 31.9 Å². The summed E-state index contributed by atoms with van der Waals surface area (Å²) >= 11 is 1.28. The molecule has 1 atom stereocenters. The van der Waals surface area contributed by atoms with Gasteiger partial charge in [0.05, 0.1) is 5.92 Å². The van der Waals surface area contributed by atoms with Gasteiger partial charge in [-0.1, -0.05) is 25.2 Å². The van der Waals surface area contributed by atoms with Crippen molar-refractivity contribution in [3.05, 3.63) is 21.7 Å². The molecule has 0 saturated carbocycles. The van der Waals surface area contributed by atoms with E-state index in [9.17, 15) is 14.9 Å². The lowest BCUT2D eigenvalue weighted by molar-refractivity contribution is -0.389. The van der Waals surface area contributed by atoms with Gasteiger partial charge in [0.25, 0.3) is 4.96 Å². The highest BCUT2D eigenvalue weighted by molar-refractivity contribution is 7.15. The molecule has 2 aromatic rings. The van der Waals surface area contributed by atoms with Gasteiger partial charge in [0.15, 0.2) is 0 Å². The van der Waals surface area contributed by atoms with Crippen molar-refractivity contribution in [2.24, 2.45) is 11.8 Å². The first-order valence-corrected chi connectivity index (χ1v) is 6.86. The molecule has 0 aromatic carbocycles. The monoisotopic (exact) mass is 298 g/mol. The minimum atomic E-state index is -0.934. The Morgan fingerprint density at radius 2 is 2.35 bits per heavy atom. The van der Waals surface area contributed by atoms with Crippen LogP contribution in [0.15, 0.2) is 11.6 Å². The van der Waals surface area contributed by atoms with Crippen LogP contribution in [0, 0.1) is 22.0 Å². The standard InChI is InChI=1S/C11H14N4O4S/c1-6(2)7(10(16)17)5-12-8-9(15(18)19)14-3-4-20-11(14)13-8/h3-4,6-7,12H,5H2,1-2H3,(H,16,17). The van der Waals surface area contributed by atoms with Gasteiger partial charge in [-0.05, 0) is 10.8 Å². The number of aromatic nitrogens is 2. The number of imidazole rings is 1. The zero-order chi connectivity index (χ0) is 14.9. The predicted octanol–water partition coefficient (Wildman–Crippen LogP) is 2.07. The Morgan fingerprint density at radius 3 is 2.90 bits per heavy atom. The number of carboxylic acid groups (broad SMARTS) is 1. The number of fused-ring (bicyclic) bond motifs is 1. The highest BCUT2D eigenvalue weighted by atomic mass is 32.1. The summed E-state index contributed by atoms with van der Waals surface area (Å²) in [5, 5.41) is 24.7. The quantitative estimate of drug-likeness (QED) is 0.624. The average Bonchev–Trinajstić information content (AvgIpc) is 2.86. The fourth-order valence-electron chi connectivity index (χ4n) is 1.88. The van der Waals surface area contributed by atoms with Gasteiger partial charge in [-0.2, -0.15) is 9.38 Å². The molecule has 0 spiro atoms. The number of hydrogen-bond donors (Lipinski definition) is 2. The SMILES string of the molecule is CC(C)C(CNc1nc2sccn2c1[N+](=O)[O-])C(=O)O. The number of hydrogen-bond acceptors (Lipinski definition) is 6. The Hall–Kier alpha value is -2.16. The summed E-state index contributed by atoms with van der Waals surface area (Å²) in [4.78, 5) is 26.3. The summed E-state index contributed by atoms with van der Waals surface area (Å²) < 4.78 is 1.37. The molecule has 2 aromatic heterocycles. The predicted molar refractivity (Wildman–Crippen MR) is 74.2 cm³/mol. The lowest BCUT2D eigenvalue weighted by Gasteiger charge is -2.16. The Labute approximate surface area is 118 Å². The lowest BCUT2D eigenvalue weighted by atomic mass is 9.96. The van der Waals surface area contributed by atoms with Gasteiger partial charge < -0.3 is 20.5 Å². The first-order valence-electron chi connectivity index (χ1n) is 5.98. The zero-order valence-electron chi connectivity index (χ0n) is 10.9. The van der Waals surface area contributed by atoms with Crippen molar-refractivity contribution in [2.45, 2.75) is 13.8 Å². The van der Waals surface area contributed by atoms with Gasteiger partial charge in [-0.3, -0.25) is 4.79 Å². The number of anilines is 1. The van der Waals surface area contributed by atoms with Crippen LogP contribution >= 0.6 is 11.3 Å². The Bertz CT molecular complexity index is 648. The molecule has 0 saturated heterocycles. The van der Waals surface area contributed by atoms with Crippen LogP contribution < -0.4 is 5.32 Å². The van der Waals surface area contributed by atoms with Gasteiger partial charge in [-0.25, -0.2) is 0 Å². The molecule has 0 aliphatic heterocycles. The second kappa shape index (κ2) is 5.45. The first-order chi connectivity index (χ1) is 9.41. The second-order valence-corrected chi connectivity index (χ2v) is 5.54. The fraction of sp³-hybridized carbons (Fsp3) is 0.455. The molecule has 2 N–H and O–H groups in total. The Kier molecular flexibility index (Phi) is 3.89. The maximum Gasteiger partial charge on any atom is 0.372 e. The fourth-order valence-corrected chi connectivity index (χ4v) is 2.59. The van der Waals surface area contributed by atoms with Crippen LogP contribution in [0.25, 0.3) is 4.96 Å². The minimum absolute atomic E-state index is 0.0808. The minimum Gasteiger partial charge on any atom is -0.481 e. The van der Waals surface area contributed by atoms with E-state index in [0.29, 0.717) is 4.96 Å². The third-order valence-corrected chi connectivity index (χ3v) is 3.78. The number of nitrogens with zero attached hydrogens (tertiary/aromatic N) is 3. The van der Waals surface area contributed by atoms with Crippen molar-refractivity contribution in [3.63, 3.8) is 0 Å². The highest BCUT2D eigenvalue weighted by Gasteiger charge is 2.26. The van der Waals surface area contributed by atoms with Crippen molar-refractivity contribution in [3.8, 4) is 0 Å². The molecule has 0 aliphatic carbocycles. The molecule has 9 heteroatoms. The van der Waals surface area contributed by atoms with E-state index in [0.717, 1.165) is 0 Å². The van der Waals surface area contributed by atoms with Crippen LogP contribution in [-0.2, 0) is 4.79 Å². The van der Waals surface area contributed by atoms with E-state index in [1.807, 2.05) is 0 Å². The number of nitro groups is 1. The summed E-state index contributed by atoms with van der Waals surface area (Å²) in [5.41, 5.74) is 0. The van der Waals surface area contributed by atoms with Crippen LogP contribution in [0.4, 0.5) is 11.6 Å². The highest BCUT2D eigenvalue weighted by Crippen LogP contribution is 2.28. The van der Waals surface area contributed by atoms with Gasteiger partial charge in [0.1, 0.15) is 6.20 Å². The summed E-state index contributed by atoms with van der Waals surface area (Å²) in [5.74, 6) is -1.71. The van der Waals surface area contributed by atoms with E-state index in [1.54, 1.807) is 25.4 Å². The topological polar surface area (TPSA) is 110 Å². The summed E-state index contributed by atoms with van der Waals surface area (Å²) in [6.45, 7) is 3.68. The maximum absolute atomic E-state index is 11.1. The molecule has 0 fully saturated rings. The second-order valence-electron chi connectivity index (χ2n) is 4.67. The molecule has 108 valence electrons. The summed E-state index contributed by atoms with van der Waals surface area (Å²) in [6.07, 6.45) is 1.56. The molecule has 2 rings (SSSR count). The number of thiazole rings is 1. The third-order valence-electron chi connectivity index (χ3n) is 3.02. The molecule has 0 radical (unpaired) electrons. The largest absolute Gasteiger partial charge is 0.481 e. The normalized spacial score (nSPS) is 12.8. The zero-order valence-corrected chi connectivity index (χ0v) is 11.8. The van der Waals surface area contributed by atoms with Crippen molar-refractivity contribution in [2.75, 3.05) is 11.9 Å². The van der Waals surface area contributed by atoms with Gasteiger partial charge in [-0.15, -0.1) is 0 Å². The van der Waals surface area contributed by atoms with Crippen molar-refractivity contribution < 1.29 is 14.8 Å². The maximum atomic E-state index is 11.1. The molecule has 1 unspecified atom stereocenters. The molecular formula is C11H14N4O4S. The van der Waals surface area contributed by atoms with Gasteiger partial charge in [0, 0.05) is 11.9 Å². The van der Waals surface area contributed by atoms with Gasteiger partial charge >= 0.3 is 11.8 Å². The first kappa shape index (κ1) is 14.3. The van der Waals surface area contributed by atoms with Crippen molar-refractivity contribution in [1.29, 1.82) is 0 Å². The van der Waals surface area contributed by atoms with Crippen LogP contribution in [0.3, 0.4) is 0 Å². The summed E-state index contributed by atoms with van der Waals surface area (Å²) in [7, 11) is 0. The number of nitrogens with one attached hydrogen (secondary N) is 1. The van der Waals surface area contributed by atoms with Crippen molar-refractivity contribution >= 4 is 33.9 Å². The molecule has 2 heterocycles. The Morgan fingerprint density at radius 1 is 1.65 bits per heavy atom. The van der Waals surface area contributed by atoms with E-state index in [2.05, 4.69) is 10.3 Å². The lowest BCUT2D eigenvalue weighted by Crippen LogP contribution is -2.27. The molecule has 0 amide bonds. The van der Waals surface area contributed by atoms with Crippen LogP contribution in [0.2, 0.25) is 0 Å². The number of aliphatic carboxylic acids is 1. The van der Waals surface area contributed by atoms with Crippen LogP contribution in [0.5, 0.6) is 0 Å². The average molecular weight is 298 g/mol.